The fourth-order valence-corrected chi connectivity index (χ4v) is 1.19. The molecule has 7 heteroatoms. The average Bonchev–Trinajstić information content (AvgIpc) is 2.21. The van der Waals surface area contributed by atoms with Crippen LogP contribution in [-0.4, -0.2) is 9.97 Å². The second-order valence-corrected chi connectivity index (χ2v) is 2.71. The molecule has 0 aliphatic carbocycles. The van der Waals surface area contributed by atoms with E-state index in [0.717, 1.165) is 12.1 Å². The maximum absolute atomic E-state index is 13.2. The summed E-state index contributed by atoms with van der Waals surface area (Å²) in [6.07, 6.45) is 1.18. The molecule has 0 unspecified atom stereocenters. The van der Waals surface area contributed by atoms with Crippen LogP contribution >= 0.6 is 0 Å². The smallest absolute Gasteiger partial charge is 0.258 e. The van der Waals surface area contributed by atoms with E-state index in [9.17, 15) is 9.18 Å². The van der Waals surface area contributed by atoms with Crippen LogP contribution in [-0.2, 0) is 4.99 Å². The number of rotatable bonds is 2. The van der Waals surface area contributed by atoms with E-state index in [-0.39, 0.29) is 16.7 Å². The largest absolute Gasteiger partial charge is 0.316 e. The summed E-state index contributed by atoms with van der Waals surface area (Å²) in [5, 5.41) is 0.186. The summed E-state index contributed by atoms with van der Waals surface area (Å²) in [6.45, 7) is 0. The molecule has 1 aromatic carbocycles. The SMILES string of the molecule is NOOc1cc2c(=O)[nH]cnc2cc1F. The summed E-state index contributed by atoms with van der Waals surface area (Å²) in [5.41, 5.74) is -0.178. The molecule has 6 nitrogen and oxygen atoms in total. The molecule has 1 heterocycles. The number of aromatic amines is 1. The number of fused-ring (bicyclic) bond motifs is 1. The Morgan fingerprint density at radius 1 is 1.47 bits per heavy atom. The van der Waals surface area contributed by atoms with Crippen LogP contribution in [0.15, 0.2) is 23.3 Å². The lowest BCUT2D eigenvalue weighted by molar-refractivity contribution is -0.213. The Kier molecular flexibility index (Phi) is 2.32. The summed E-state index contributed by atoms with van der Waals surface area (Å²) < 4.78 is 13.2. The number of hydrogen-bond donors (Lipinski definition) is 2. The van der Waals surface area contributed by atoms with Gasteiger partial charge in [0.25, 0.3) is 5.56 Å². The lowest BCUT2D eigenvalue weighted by atomic mass is 10.2. The second kappa shape index (κ2) is 3.64. The highest BCUT2D eigenvalue weighted by molar-refractivity contribution is 5.78. The van der Waals surface area contributed by atoms with Crippen LogP contribution in [0.1, 0.15) is 0 Å². The first-order chi connectivity index (χ1) is 7.22. The first-order valence-electron chi connectivity index (χ1n) is 3.92. The van der Waals surface area contributed by atoms with Crippen LogP contribution in [0.4, 0.5) is 4.39 Å². The van der Waals surface area contributed by atoms with E-state index in [0.29, 0.717) is 0 Å². The van der Waals surface area contributed by atoms with Gasteiger partial charge in [0.05, 0.1) is 17.2 Å². The molecule has 0 spiro atoms. The van der Waals surface area contributed by atoms with E-state index in [1.54, 1.807) is 0 Å². The van der Waals surface area contributed by atoms with Crippen molar-refractivity contribution in [2.24, 2.45) is 5.90 Å². The number of halogens is 1. The summed E-state index contributed by atoms with van der Waals surface area (Å²) >= 11 is 0. The standard InChI is InChI=1S/C8H6FN3O3/c9-5-2-6-4(1-7(5)14-15-10)8(13)12-3-11-6/h1-3H,10H2,(H,11,12,13). The van der Waals surface area contributed by atoms with Gasteiger partial charge in [-0.25, -0.2) is 9.37 Å². The predicted molar refractivity (Wildman–Crippen MR) is 48.2 cm³/mol. The maximum Gasteiger partial charge on any atom is 0.258 e. The molecule has 0 aliphatic rings. The number of nitrogens with two attached hydrogens (primary N) is 1. The zero-order chi connectivity index (χ0) is 10.8. The summed E-state index contributed by atoms with van der Waals surface area (Å²) in [5.74, 6) is 3.63. The lowest BCUT2D eigenvalue weighted by Crippen LogP contribution is -2.09. The van der Waals surface area contributed by atoms with Crippen molar-refractivity contribution in [3.8, 4) is 5.75 Å². The number of hydrogen-bond acceptors (Lipinski definition) is 5. The Morgan fingerprint density at radius 2 is 2.27 bits per heavy atom. The van der Waals surface area contributed by atoms with E-state index in [2.05, 4.69) is 25.7 Å². The fraction of sp³-hybridized carbons (Fsp3) is 0. The van der Waals surface area contributed by atoms with Crippen molar-refractivity contribution in [2.45, 2.75) is 0 Å². The van der Waals surface area contributed by atoms with E-state index in [1.807, 2.05) is 0 Å². The summed E-state index contributed by atoms with van der Waals surface area (Å²) in [4.78, 5) is 25.6. The normalized spacial score (nSPS) is 10.5. The number of H-pyrrole nitrogens is 1. The van der Waals surface area contributed by atoms with Gasteiger partial charge in [0.2, 0.25) is 5.75 Å². The Hall–Kier alpha value is -1.99. The van der Waals surface area contributed by atoms with Crippen molar-refractivity contribution >= 4 is 10.9 Å². The second-order valence-electron chi connectivity index (χ2n) is 2.71. The molecule has 15 heavy (non-hydrogen) atoms. The highest BCUT2D eigenvalue weighted by Crippen LogP contribution is 2.21. The predicted octanol–water partition coefficient (Wildman–Crippen LogP) is 0.246. The molecule has 0 amide bonds. The third-order valence-corrected chi connectivity index (χ3v) is 1.83. The number of nitrogens with zero attached hydrogens (tertiary/aromatic N) is 1. The summed E-state index contributed by atoms with van der Waals surface area (Å²) in [6, 6.07) is 2.21. The third kappa shape index (κ3) is 1.65. The number of benzene rings is 1. The topological polar surface area (TPSA) is 90.2 Å². The van der Waals surface area contributed by atoms with Gasteiger partial charge in [-0.1, -0.05) is 4.99 Å². The van der Waals surface area contributed by atoms with Crippen molar-refractivity contribution in [1.29, 1.82) is 0 Å². The molecule has 0 aliphatic heterocycles. The zero-order valence-electron chi connectivity index (χ0n) is 7.36. The van der Waals surface area contributed by atoms with Gasteiger partial charge >= 0.3 is 0 Å². The van der Waals surface area contributed by atoms with Gasteiger partial charge in [-0.3, -0.25) is 4.79 Å². The molecule has 78 valence electrons. The Balaban J connectivity index is 2.72. The summed E-state index contributed by atoms with van der Waals surface area (Å²) in [7, 11) is 0. The Bertz CT molecular complexity index is 554. The molecule has 0 saturated heterocycles. The van der Waals surface area contributed by atoms with Crippen molar-refractivity contribution in [3.05, 3.63) is 34.6 Å². The minimum atomic E-state index is -0.717. The first kappa shape index (κ1) is 9.56. The lowest BCUT2D eigenvalue weighted by Gasteiger charge is -2.02. The molecule has 0 fully saturated rings. The highest BCUT2D eigenvalue weighted by Gasteiger charge is 2.09. The van der Waals surface area contributed by atoms with Crippen molar-refractivity contribution < 1.29 is 14.3 Å². The minimum absolute atomic E-state index is 0.186. The molecule has 3 N–H and O–H groups in total. The molecule has 0 atom stereocenters. The molecular formula is C8H6FN3O3. The average molecular weight is 211 g/mol. The third-order valence-electron chi connectivity index (χ3n) is 1.83. The van der Waals surface area contributed by atoms with Crippen molar-refractivity contribution in [2.75, 3.05) is 0 Å². The molecule has 2 aromatic rings. The molecule has 0 radical (unpaired) electrons. The van der Waals surface area contributed by atoms with Gasteiger partial charge in [0.1, 0.15) is 0 Å². The molecule has 1 aromatic heterocycles. The molecule has 2 rings (SSSR count). The monoisotopic (exact) mass is 211 g/mol. The quantitative estimate of drug-likeness (QED) is 0.548. The maximum atomic E-state index is 13.2. The molecular weight excluding hydrogens is 205 g/mol. The van der Waals surface area contributed by atoms with Crippen molar-refractivity contribution in [3.63, 3.8) is 0 Å². The highest BCUT2D eigenvalue weighted by atomic mass is 19.1. The van der Waals surface area contributed by atoms with E-state index >= 15 is 0 Å². The number of aromatic nitrogens is 2. The van der Waals surface area contributed by atoms with Gasteiger partial charge < -0.3 is 9.87 Å². The Labute approximate surface area is 82.3 Å². The minimum Gasteiger partial charge on any atom is -0.316 e. The van der Waals surface area contributed by atoms with E-state index in [4.69, 9.17) is 0 Å². The van der Waals surface area contributed by atoms with Crippen LogP contribution in [0.2, 0.25) is 0 Å². The Morgan fingerprint density at radius 3 is 3.00 bits per heavy atom. The molecule has 0 saturated carbocycles. The van der Waals surface area contributed by atoms with Gasteiger partial charge in [-0.15, -0.1) is 0 Å². The van der Waals surface area contributed by atoms with E-state index in [1.165, 1.54) is 6.33 Å². The fourth-order valence-electron chi connectivity index (χ4n) is 1.19. The number of nitrogens with one attached hydrogen (secondary N) is 1. The van der Waals surface area contributed by atoms with Gasteiger partial charge in [-0.05, 0) is 0 Å². The van der Waals surface area contributed by atoms with Crippen molar-refractivity contribution in [1.82, 2.24) is 9.97 Å². The van der Waals surface area contributed by atoms with Gasteiger partial charge in [0.15, 0.2) is 5.82 Å². The van der Waals surface area contributed by atoms with Crippen LogP contribution in [0.25, 0.3) is 10.9 Å². The van der Waals surface area contributed by atoms with Gasteiger partial charge in [-0.2, -0.15) is 5.90 Å². The van der Waals surface area contributed by atoms with Gasteiger partial charge in [0, 0.05) is 12.1 Å². The zero-order valence-corrected chi connectivity index (χ0v) is 7.36. The van der Waals surface area contributed by atoms with Crippen LogP contribution in [0, 0.1) is 5.82 Å². The van der Waals surface area contributed by atoms with Crippen LogP contribution < -0.4 is 16.3 Å². The molecule has 0 bridgehead atoms. The first-order valence-corrected chi connectivity index (χ1v) is 3.92. The van der Waals surface area contributed by atoms with Crippen LogP contribution in [0.3, 0.4) is 0 Å². The van der Waals surface area contributed by atoms with Crippen LogP contribution in [0.5, 0.6) is 5.75 Å². The van der Waals surface area contributed by atoms with E-state index < -0.39 is 11.4 Å².